The molecule has 0 radical (unpaired) electrons. The van der Waals surface area contributed by atoms with E-state index in [2.05, 4.69) is 10.1 Å². The molecule has 8 heteroatoms. The first kappa shape index (κ1) is 15.7. The number of rotatable bonds is 4. The van der Waals surface area contributed by atoms with E-state index in [0.717, 1.165) is 0 Å². The summed E-state index contributed by atoms with van der Waals surface area (Å²) < 4.78 is 57.8. The number of methoxy groups -OCH3 is 1. The van der Waals surface area contributed by atoms with Crippen LogP contribution >= 0.6 is 0 Å². The number of anilines is 1. The van der Waals surface area contributed by atoms with Crippen LogP contribution in [0.3, 0.4) is 0 Å². The Morgan fingerprint density at radius 2 is 1.77 bits per heavy atom. The lowest BCUT2D eigenvalue weighted by molar-refractivity contribution is 0.411. The fourth-order valence-electron chi connectivity index (χ4n) is 1.64. The minimum absolute atomic E-state index is 0.329. The summed E-state index contributed by atoms with van der Waals surface area (Å²) in [5.41, 5.74) is 1.86. The summed E-state index contributed by atoms with van der Waals surface area (Å²) >= 11 is 0. The van der Waals surface area contributed by atoms with Gasteiger partial charge in [0.25, 0.3) is 11.9 Å². The van der Waals surface area contributed by atoms with Crippen LogP contribution in [0, 0.1) is 23.5 Å². The van der Waals surface area contributed by atoms with Gasteiger partial charge in [-0.1, -0.05) is 12.1 Å². The summed E-state index contributed by atoms with van der Waals surface area (Å²) in [6.45, 7) is 1.55. The molecule has 0 atom stereocenters. The van der Waals surface area contributed by atoms with Crippen molar-refractivity contribution in [3.8, 4) is 5.75 Å². The van der Waals surface area contributed by atoms with E-state index in [9.17, 15) is 17.6 Å². The topological polar surface area (TPSA) is 46.5 Å². The van der Waals surface area contributed by atoms with Gasteiger partial charge in [0.15, 0.2) is 0 Å². The smallest absolute Gasteiger partial charge is 0.254 e. The molecule has 1 N–H and O–H groups in total. The molecule has 0 unspecified atom stereocenters. The first-order chi connectivity index (χ1) is 10.4. The fraction of sp³-hybridized carbons (Fsp3) is 0.143. The van der Waals surface area contributed by atoms with Crippen molar-refractivity contribution in [3.05, 3.63) is 53.4 Å². The lowest BCUT2D eigenvalue weighted by Crippen LogP contribution is -2.07. The summed E-state index contributed by atoms with van der Waals surface area (Å²) in [7, 11) is 1.48. The Hall–Kier alpha value is -2.64. The normalized spacial score (nSPS) is 11.5. The lowest BCUT2D eigenvalue weighted by atomic mass is 10.1. The largest absolute Gasteiger partial charge is 0.497 e. The molecule has 116 valence electrons. The summed E-state index contributed by atoms with van der Waals surface area (Å²) in [6, 6.07) is 6.72. The Labute approximate surface area is 123 Å². The van der Waals surface area contributed by atoms with E-state index >= 15 is 0 Å². The Morgan fingerprint density at radius 3 is 2.36 bits per heavy atom. The summed E-state index contributed by atoms with van der Waals surface area (Å²) in [4.78, 5) is 2.45. The van der Waals surface area contributed by atoms with Gasteiger partial charge in [0.2, 0.25) is 11.6 Å². The molecule has 1 heterocycles. The molecule has 0 aliphatic rings. The van der Waals surface area contributed by atoms with Gasteiger partial charge in [-0.05, 0) is 19.1 Å². The van der Waals surface area contributed by atoms with Crippen molar-refractivity contribution in [2.45, 2.75) is 6.92 Å². The molecular weight excluding hydrogens is 302 g/mol. The predicted octanol–water partition coefficient (Wildman–Crippen LogP) is 3.48. The summed E-state index contributed by atoms with van der Waals surface area (Å²) in [5.74, 6) is -6.25. The van der Waals surface area contributed by atoms with Gasteiger partial charge in [-0.15, -0.1) is 0 Å². The molecular formula is C14H11F4N3O. The van der Waals surface area contributed by atoms with Crippen molar-refractivity contribution < 1.29 is 22.3 Å². The van der Waals surface area contributed by atoms with Crippen LogP contribution in [-0.2, 0) is 0 Å². The highest BCUT2D eigenvalue weighted by Crippen LogP contribution is 2.22. The fourth-order valence-corrected chi connectivity index (χ4v) is 1.64. The van der Waals surface area contributed by atoms with E-state index in [4.69, 9.17) is 4.74 Å². The predicted molar refractivity (Wildman–Crippen MR) is 72.9 cm³/mol. The Balaban J connectivity index is 2.32. The summed E-state index contributed by atoms with van der Waals surface area (Å²) in [5, 5.41) is 3.71. The molecule has 0 aliphatic heterocycles. The molecule has 22 heavy (non-hydrogen) atoms. The van der Waals surface area contributed by atoms with Gasteiger partial charge >= 0.3 is 0 Å². The van der Waals surface area contributed by atoms with Gasteiger partial charge in [0.1, 0.15) is 11.4 Å². The molecule has 1 aromatic carbocycles. The van der Waals surface area contributed by atoms with Gasteiger partial charge in [-0.3, -0.25) is 5.43 Å². The highest BCUT2D eigenvalue weighted by Gasteiger charge is 2.20. The molecule has 4 nitrogen and oxygen atoms in total. The van der Waals surface area contributed by atoms with Gasteiger partial charge in [0.05, 0.1) is 12.8 Å². The Kier molecular flexibility index (Phi) is 4.59. The third-order valence-corrected chi connectivity index (χ3v) is 2.82. The maximum atomic E-state index is 13.4. The number of nitrogens with one attached hydrogen (secondary N) is 1. The minimum atomic E-state index is -1.75. The van der Waals surface area contributed by atoms with Gasteiger partial charge < -0.3 is 4.74 Å². The maximum absolute atomic E-state index is 13.4. The highest BCUT2D eigenvalue weighted by molar-refractivity contribution is 5.99. The van der Waals surface area contributed by atoms with Crippen LogP contribution < -0.4 is 10.2 Å². The van der Waals surface area contributed by atoms with Crippen LogP contribution in [-0.4, -0.2) is 17.8 Å². The molecule has 2 aromatic rings. The van der Waals surface area contributed by atoms with Crippen LogP contribution in [0.4, 0.5) is 23.2 Å². The van der Waals surface area contributed by atoms with Crippen LogP contribution in [0.15, 0.2) is 29.4 Å². The number of aromatic nitrogens is 1. The van der Waals surface area contributed by atoms with Crippen molar-refractivity contribution in [1.29, 1.82) is 0 Å². The van der Waals surface area contributed by atoms with Crippen molar-refractivity contribution in [1.82, 2.24) is 4.98 Å². The molecule has 1 aromatic heterocycles. The number of hydrogen-bond acceptors (Lipinski definition) is 4. The van der Waals surface area contributed by atoms with Crippen LogP contribution in [0.25, 0.3) is 0 Å². The monoisotopic (exact) mass is 313 g/mol. The first-order valence-corrected chi connectivity index (χ1v) is 6.08. The average Bonchev–Trinajstić information content (AvgIpc) is 2.52. The Morgan fingerprint density at radius 1 is 1.14 bits per heavy atom. The molecule has 0 amide bonds. The number of benzene rings is 1. The zero-order valence-electron chi connectivity index (χ0n) is 11.6. The molecule has 0 saturated carbocycles. The van der Waals surface area contributed by atoms with Crippen molar-refractivity contribution in [3.63, 3.8) is 0 Å². The molecule has 2 rings (SSSR count). The molecule has 0 spiro atoms. The van der Waals surface area contributed by atoms with E-state index in [-0.39, 0.29) is 0 Å². The SMILES string of the molecule is COc1cccc(/C(C)=N/Nc2c(F)c(F)nc(F)c2F)c1. The van der Waals surface area contributed by atoms with Gasteiger partial charge in [-0.25, -0.2) is 0 Å². The minimum Gasteiger partial charge on any atom is -0.497 e. The second-order valence-corrected chi connectivity index (χ2v) is 4.24. The zero-order valence-corrected chi connectivity index (χ0v) is 11.6. The average molecular weight is 313 g/mol. The third kappa shape index (κ3) is 3.16. The molecule has 0 aliphatic carbocycles. The van der Waals surface area contributed by atoms with E-state index in [1.807, 2.05) is 5.43 Å². The lowest BCUT2D eigenvalue weighted by Gasteiger charge is -2.07. The second kappa shape index (κ2) is 6.42. The molecule has 0 bridgehead atoms. The second-order valence-electron chi connectivity index (χ2n) is 4.24. The number of hydrogen-bond donors (Lipinski definition) is 1. The standard InChI is InChI=1S/C14H11F4N3O/c1-7(8-4-3-5-9(6-8)22-2)20-21-12-10(15)13(17)19-14(18)11(12)16/h3-6H,1-2H3,(H,19,21)/b20-7+. The van der Waals surface area contributed by atoms with Crippen molar-refractivity contribution in [2.24, 2.45) is 5.10 Å². The van der Waals surface area contributed by atoms with E-state index < -0.39 is 29.2 Å². The highest BCUT2D eigenvalue weighted by atomic mass is 19.2. The zero-order chi connectivity index (χ0) is 16.3. The van der Waals surface area contributed by atoms with Crippen LogP contribution in [0.2, 0.25) is 0 Å². The number of nitrogens with zero attached hydrogens (tertiary/aromatic N) is 2. The van der Waals surface area contributed by atoms with Crippen molar-refractivity contribution >= 4 is 11.4 Å². The quantitative estimate of drug-likeness (QED) is 0.407. The van der Waals surface area contributed by atoms with Crippen LogP contribution in [0.1, 0.15) is 12.5 Å². The van der Waals surface area contributed by atoms with E-state index in [0.29, 0.717) is 17.0 Å². The molecule has 0 saturated heterocycles. The first-order valence-electron chi connectivity index (χ1n) is 6.08. The van der Waals surface area contributed by atoms with Crippen LogP contribution in [0.5, 0.6) is 5.75 Å². The number of halogens is 4. The molecule has 0 fully saturated rings. The number of hydrazone groups is 1. The van der Waals surface area contributed by atoms with Gasteiger partial charge in [0, 0.05) is 5.56 Å². The number of pyridine rings is 1. The van der Waals surface area contributed by atoms with Gasteiger partial charge in [-0.2, -0.15) is 27.6 Å². The third-order valence-electron chi connectivity index (χ3n) is 2.82. The Bertz CT molecular complexity index is 708. The summed E-state index contributed by atoms with van der Waals surface area (Å²) in [6.07, 6.45) is 0. The number of ether oxygens (including phenoxy) is 1. The van der Waals surface area contributed by atoms with E-state index in [1.54, 1.807) is 31.2 Å². The van der Waals surface area contributed by atoms with E-state index in [1.165, 1.54) is 7.11 Å². The van der Waals surface area contributed by atoms with Crippen molar-refractivity contribution in [2.75, 3.05) is 12.5 Å². The maximum Gasteiger partial charge on any atom is 0.254 e.